The van der Waals surface area contributed by atoms with Crippen molar-refractivity contribution in [1.29, 1.82) is 0 Å². The molecule has 0 saturated heterocycles. The molecule has 0 N–H and O–H groups in total. The maximum Gasteiger partial charge on any atom is 0.347 e. The summed E-state index contributed by atoms with van der Waals surface area (Å²) in [5, 5.41) is 0. The van der Waals surface area contributed by atoms with Crippen LogP contribution in [0.1, 0.15) is 36.9 Å². The predicted octanol–water partition coefficient (Wildman–Crippen LogP) is 3.65. The summed E-state index contributed by atoms with van der Waals surface area (Å²) in [6, 6.07) is 4.21. The molecule has 2 aliphatic rings. The third kappa shape index (κ3) is 2.96. The van der Waals surface area contributed by atoms with Crippen molar-refractivity contribution in [1.82, 2.24) is 13.1 Å². The van der Waals surface area contributed by atoms with Crippen LogP contribution in [-0.2, 0) is 23.0 Å². The number of pyridine rings is 1. The summed E-state index contributed by atoms with van der Waals surface area (Å²) in [6.45, 7) is 2.04. The monoisotopic (exact) mass is 635 g/mol. The van der Waals surface area contributed by atoms with Gasteiger partial charge in [0.2, 0.25) is 10.0 Å². The van der Waals surface area contributed by atoms with E-state index in [9.17, 15) is 22.4 Å². The van der Waals surface area contributed by atoms with Gasteiger partial charge in [0, 0.05) is 26.7 Å². The molecule has 1 aromatic carbocycles. The SMILES string of the molecule is Cc1c(=O)n2c(c3c1n(-c1ccc(Br)cc1F)c(=O)n3S(=O)(=O)C1(CCI)CC1)CCC2. The molecule has 2 aromatic heterocycles. The van der Waals surface area contributed by atoms with Crippen LogP contribution in [0.2, 0.25) is 0 Å². The maximum atomic E-state index is 15.0. The first kappa shape index (κ1) is 22.3. The van der Waals surface area contributed by atoms with E-state index in [-0.39, 0.29) is 27.8 Å². The van der Waals surface area contributed by atoms with E-state index < -0.39 is 26.3 Å². The standard InChI is InChI=1S/C21H20BrFIN3O4S/c1-12-17-18(16-3-2-10-25(16)19(12)28)27(32(30,31)21(6-7-21)8-9-24)20(29)26(17)15-5-4-13(22)11-14(15)23/h4-5,11H,2-3,6-10H2,1H3. The number of benzene rings is 1. The lowest BCUT2D eigenvalue weighted by atomic mass is 10.2. The molecule has 0 atom stereocenters. The highest BCUT2D eigenvalue weighted by atomic mass is 127. The Labute approximate surface area is 205 Å². The highest BCUT2D eigenvalue weighted by Crippen LogP contribution is 2.48. The van der Waals surface area contributed by atoms with Crippen molar-refractivity contribution in [2.24, 2.45) is 0 Å². The maximum absolute atomic E-state index is 15.0. The molecular weight excluding hydrogens is 616 g/mol. The second-order valence-electron chi connectivity index (χ2n) is 8.43. The van der Waals surface area contributed by atoms with Crippen LogP contribution in [0.4, 0.5) is 4.39 Å². The Morgan fingerprint density at radius 3 is 2.56 bits per heavy atom. The normalized spacial score (nSPS) is 17.1. The van der Waals surface area contributed by atoms with E-state index in [1.54, 1.807) is 17.6 Å². The lowest BCUT2D eigenvalue weighted by molar-refractivity contribution is 0.563. The van der Waals surface area contributed by atoms with Crippen molar-refractivity contribution in [2.45, 2.75) is 50.3 Å². The van der Waals surface area contributed by atoms with Gasteiger partial charge in [0.15, 0.2) is 0 Å². The predicted molar refractivity (Wildman–Crippen MR) is 132 cm³/mol. The quantitative estimate of drug-likeness (QED) is 0.317. The molecule has 1 aliphatic carbocycles. The molecular formula is C21H20BrFIN3O4S. The van der Waals surface area contributed by atoms with Gasteiger partial charge in [-0.3, -0.25) is 9.36 Å². The zero-order chi connectivity index (χ0) is 23.0. The summed E-state index contributed by atoms with van der Waals surface area (Å²) in [7, 11) is -4.07. The number of halogens is 3. The summed E-state index contributed by atoms with van der Waals surface area (Å²) in [5.41, 5.74) is -0.0737. The number of nitrogens with zero attached hydrogens (tertiary/aromatic N) is 3. The van der Waals surface area contributed by atoms with Gasteiger partial charge in [-0.2, -0.15) is 3.97 Å². The van der Waals surface area contributed by atoms with Crippen LogP contribution in [0, 0.1) is 12.7 Å². The number of aryl methyl sites for hydroxylation is 2. The molecule has 0 radical (unpaired) electrons. The Morgan fingerprint density at radius 2 is 1.94 bits per heavy atom. The van der Waals surface area contributed by atoms with Crippen LogP contribution in [0.25, 0.3) is 16.7 Å². The molecule has 0 unspecified atom stereocenters. The molecule has 32 heavy (non-hydrogen) atoms. The molecule has 1 aliphatic heterocycles. The third-order valence-electron chi connectivity index (χ3n) is 6.63. The Kier molecular flexibility index (Phi) is 5.25. The van der Waals surface area contributed by atoms with Crippen LogP contribution < -0.4 is 11.2 Å². The van der Waals surface area contributed by atoms with Crippen molar-refractivity contribution < 1.29 is 12.8 Å². The molecule has 170 valence electrons. The number of aromatic nitrogens is 3. The lowest BCUT2D eigenvalue weighted by Crippen LogP contribution is -2.37. The summed E-state index contributed by atoms with van der Waals surface area (Å²) in [6.07, 6.45) is 2.57. The zero-order valence-corrected chi connectivity index (χ0v) is 21.8. The van der Waals surface area contributed by atoms with Crippen LogP contribution in [0.15, 0.2) is 32.3 Å². The molecule has 0 spiro atoms. The number of hydrogen-bond acceptors (Lipinski definition) is 4. The van der Waals surface area contributed by atoms with Gasteiger partial charge >= 0.3 is 5.69 Å². The average molecular weight is 636 g/mol. The first-order valence-electron chi connectivity index (χ1n) is 10.3. The third-order valence-corrected chi connectivity index (χ3v) is 10.2. The summed E-state index contributed by atoms with van der Waals surface area (Å²) in [4.78, 5) is 26.8. The Bertz CT molecular complexity index is 1520. The molecule has 7 nitrogen and oxygen atoms in total. The smallest absolute Gasteiger partial charge is 0.310 e. The van der Waals surface area contributed by atoms with Crippen LogP contribution in [0.3, 0.4) is 0 Å². The van der Waals surface area contributed by atoms with Gasteiger partial charge in [0.1, 0.15) is 11.3 Å². The number of rotatable bonds is 5. The van der Waals surface area contributed by atoms with Gasteiger partial charge < -0.3 is 4.57 Å². The highest BCUT2D eigenvalue weighted by molar-refractivity contribution is 14.1. The molecule has 1 saturated carbocycles. The number of alkyl halides is 1. The van der Waals surface area contributed by atoms with Gasteiger partial charge in [-0.25, -0.2) is 17.6 Å². The van der Waals surface area contributed by atoms with E-state index in [4.69, 9.17) is 0 Å². The van der Waals surface area contributed by atoms with E-state index in [0.717, 1.165) is 8.54 Å². The second-order valence-corrected chi connectivity index (χ2v) is 12.6. The van der Waals surface area contributed by atoms with Crippen molar-refractivity contribution in [2.75, 3.05) is 4.43 Å². The van der Waals surface area contributed by atoms with Crippen molar-refractivity contribution in [3.05, 3.63) is 60.6 Å². The Morgan fingerprint density at radius 1 is 1.22 bits per heavy atom. The average Bonchev–Trinajstić information content (AvgIpc) is 3.25. The second kappa shape index (κ2) is 7.52. The van der Waals surface area contributed by atoms with E-state index >= 15 is 0 Å². The fourth-order valence-corrected chi connectivity index (χ4v) is 8.60. The van der Waals surface area contributed by atoms with Crippen molar-refractivity contribution in [3.8, 4) is 5.69 Å². The van der Waals surface area contributed by atoms with Gasteiger partial charge in [-0.1, -0.05) is 38.5 Å². The van der Waals surface area contributed by atoms with E-state index in [0.29, 0.717) is 53.2 Å². The minimum atomic E-state index is -4.07. The molecule has 0 amide bonds. The first-order valence-corrected chi connectivity index (χ1v) is 14.1. The van der Waals surface area contributed by atoms with Crippen molar-refractivity contribution in [3.63, 3.8) is 0 Å². The highest BCUT2D eigenvalue weighted by Gasteiger charge is 2.56. The molecule has 1 fully saturated rings. The molecule has 3 heterocycles. The molecule has 11 heteroatoms. The van der Waals surface area contributed by atoms with Crippen LogP contribution >= 0.6 is 38.5 Å². The fraction of sp³-hybridized carbons (Fsp3) is 0.429. The van der Waals surface area contributed by atoms with Gasteiger partial charge in [0.25, 0.3) is 5.56 Å². The molecule has 5 rings (SSSR count). The minimum absolute atomic E-state index is 0.0821. The summed E-state index contributed by atoms with van der Waals surface area (Å²) >= 11 is 5.35. The van der Waals surface area contributed by atoms with E-state index in [1.165, 1.54) is 12.1 Å². The Hall–Kier alpha value is -1.47. The zero-order valence-electron chi connectivity index (χ0n) is 17.2. The van der Waals surface area contributed by atoms with E-state index in [1.807, 2.05) is 0 Å². The van der Waals surface area contributed by atoms with Crippen LogP contribution in [-0.4, -0.2) is 30.7 Å². The number of hydrogen-bond donors (Lipinski definition) is 0. The number of fused-ring (bicyclic) bond motifs is 3. The van der Waals surface area contributed by atoms with Crippen LogP contribution in [0.5, 0.6) is 0 Å². The summed E-state index contributed by atoms with van der Waals surface area (Å²) in [5.74, 6) is -0.689. The van der Waals surface area contributed by atoms with E-state index in [2.05, 4.69) is 38.5 Å². The first-order chi connectivity index (χ1) is 15.1. The largest absolute Gasteiger partial charge is 0.347 e. The number of imidazole rings is 1. The summed E-state index contributed by atoms with van der Waals surface area (Å²) < 4.78 is 46.4. The Balaban J connectivity index is 1.98. The van der Waals surface area contributed by atoms with Gasteiger partial charge in [-0.15, -0.1) is 0 Å². The lowest BCUT2D eigenvalue weighted by Gasteiger charge is -2.17. The molecule has 0 bridgehead atoms. The minimum Gasteiger partial charge on any atom is -0.310 e. The topological polar surface area (TPSA) is 83.1 Å². The van der Waals surface area contributed by atoms with Crippen molar-refractivity contribution >= 4 is 59.6 Å². The van der Waals surface area contributed by atoms with Gasteiger partial charge in [-0.05, 0) is 57.2 Å². The molecule has 3 aromatic rings. The fourth-order valence-electron chi connectivity index (χ4n) is 4.78. The van der Waals surface area contributed by atoms with Gasteiger partial charge in [0.05, 0.1) is 16.0 Å².